The molecule has 0 aliphatic rings. The lowest BCUT2D eigenvalue weighted by molar-refractivity contribution is 0.627. The minimum Gasteiger partial charge on any atom is -0.229 e. The molecular formula is C17H13BrF2N4. The van der Waals surface area contributed by atoms with Crippen molar-refractivity contribution in [3.8, 4) is 0 Å². The number of alkyl halides is 1. The Morgan fingerprint density at radius 1 is 1.04 bits per heavy atom. The Bertz CT molecular complexity index is 857. The summed E-state index contributed by atoms with van der Waals surface area (Å²) in [4.78, 5) is -0.257. The van der Waals surface area contributed by atoms with E-state index in [0.717, 1.165) is 16.7 Å². The summed E-state index contributed by atoms with van der Waals surface area (Å²) in [5.41, 5.74) is 2.44. The van der Waals surface area contributed by atoms with Gasteiger partial charge < -0.3 is 0 Å². The van der Waals surface area contributed by atoms with E-state index in [1.54, 1.807) is 36.0 Å². The Morgan fingerprint density at radius 2 is 1.62 bits per heavy atom. The average molecular weight is 391 g/mol. The maximum atomic E-state index is 13.2. The van der Waals surface area contributed by atoms with Gasteiger partial charge in [-0.3, -0.25) is 0 Å². The van der Waals surface area contributed by atoms with Crippen LogP contribution in [0.2, 0.25) is 0 Å². The summed E-state index contributed by atoms with van der Waals surface area (Å²) in [7, 11) is 1.73. The molecule has 122 valence electrons. The first-order valence-electron chi connectivity index (χ1n) is 7.14. The van der Waals surface area contributed by atoms with E-state index in [2.05, 4.69) is 31.5 Å². The van der Waals surface area contributed by atoms with Crippen LogP contribution in [0.1, 0.15) is 21.8 Å². The second-order valence-corrected chi connectivity index (χ2v) is 6.11. The molecule has 0 N–H and O–H groups in total. The lowest BCUT2D eigenvalue weighted by Crippen LogP contribution is -2.03. The van der Waals surface area contributed by atoms with Crippen LogP contribution in [0.15, 0.2) is 48.5 Å². The number of nitrogens with zero attached hydrogens (tertiary/aromatic N) is 4. The molecule has 3 rings (SSSR count). The van der Waals surface area contributed by atoms with Gasteiger partial charge in [-0.05, 0) is 51.9 Å². The van der Waals surface area contributed by atoms with Crippen molar-refractivity contribution in [2.45, 2.75) is 4.83 Å². The van der Waals surface area contributed by atoms with Gasteiger partial charge in [0, 0.05) is 12.6 Å². The minimum absolute atomic E-state index is 0.257. The Balaban J connectivity index is 2.06. The molecule has 0 spiro atoms. The smallest absolute Gasteiger partial charge is 0.179 e. The molecule has 0 fully saturated rings. The summed E-state index contributed by atoms with van der Waals surface area (Å²) >= 11 is 3.63. The van der Waals surface area contributed by atoms with Crippen LogP contribution in [-0.4, -0.2) is 20.2 Å². The van der Waals surface area contributed by atoms with Crippen LogP contribution in [0.5, 0.6) is 0 Å². The first-order chi connectivity index (χ1) is 11.5. The summed E-state index contributed by atoms with van der Waals surface area (Å²) in [5.74, 6) is -0.0451. The van der Waals surface area contributed by atoms with Crippen molar-refractivity contribution in [1.29, 1.82) is 0 Å². The molecule has 0 radical (unpaired) electrons. The number of hydrogen-bond acceptors (Lipinski definition) is 3. The normalized spacial score (nSPS) is 13.1. The second-order valence-electron chi connectivity index (χ2n) is 5.19. The molecule has 0 aliphatic carbocycles. The van der Waals surface area contributed by atoms with Gasteiger partial charge in [-0.2, -0.15) is 0 Å². The van der Waals surface area contributed by atoms with Crippen molar-refractivity contribution in [3.05, 3.63) is 77.1 Å². The molecule has 1 unspecified atom stereocenters. The van der Waals surface area contributed by atoms with Gasteiger partial charge in [-0.1, -0.05) is 40.2 Å². The summed E-state index contributed by atoms with van der Waals surface area (Å²) in [6, 6.07) is 12.3. The third kappa shape index (κ3) is 3.56. The first kappa shape index (κ1) is 16.4. The molecule has 7 heteroatoms. The van der Waals surface area contributed by atoms with E-state index < -0.39 is 0 Å². The van der Waals surface area contributed by atoms with Gasteiger partial charge in [-0.15, -0.1) is 5.10 Å². The van der Waals surface area contributed by atoms with Crippen LogP contribution in [0.25, 0.3) is 11.6 Å². The van der Waals surface area contributed by atoms with E-state index in [9.17, 15) is 8.78 Å². The highest BCUT2D eigenvalue weighted by Gasteiger charge is 2.20. The van der Waals surface area contributed by atoms with Crippen LogP contribution in [-0.2, 0) is 7.05 Å². The molecule has 24 heavy (non-hydrogen) atoms. The molecule has 3 aromatic rings. The number of allylic oxidation sites excluding steroid dienone is 1. The summed E-state index contributed by atoms with van der Waals surface area (Å²) in [6.07, 6.45) is 1.87. The number of aromatic nitrogens is 4. The van der Waals surface area contributed by atoms with Crippen LogP contribution in [0.3, 0.4) is 0 Å². The fourth-order valence-electron chi connectivity index (χ4n) is 2.27. The molecule has 4 nitrogen and oxygen atoms in total. The molecule has 1 atom stereocenters. The Labute approximate surface area is 145 Å². The topological polar surface area (TPSA) is 43.6 Å². The molecule has 0 bridgehead atoms. The predicted molar refractivity (Wildman–Crippen MR) is 91.1 cm³/mol. The average Bonchev–Trinajstić information content (AvgIpc) is 3.00. The minimum atomic E-state index is -0.303. The largest absolute Gasteiger partial charge is 0.229 e. The van der Waals surface area contributed by atoms with Crippen LogP contribution in [0, 0.1) is 11.6 Å². The quantitative estimate of drug-likeness (QED) is 0.628. The van der Waals surface area contributed by atoms with Crippen molar-refractivity contribution in [2.75, 3.05) is 0 Å². The third-order valence-electron chi connectivity index (χ3n) is 3.51. The monoisotopic (exact) mass is 390 g/mol. The fourth-order valence-corrected chi connectivity index (χ4v) is 2.92. The maximum Gasteiger partial charge on any atom is 0.179 e. The summed E-state index contributed by atoms with van der Waals surface area (Å²) in [5, 5.41) is 11.6. The lowest BCUT2D eigenvalue weighted by atomic mass is 10.0. The number of rotatable bonds is 4. The number of hydrogen-bond donors (Lipinski definition) is 0. The third-order valence-corrected chi connectivity index (χ3v) is 4.53. The van der Waals surface area contributed by atoms with Crippen LogP contribution in [0.4, 0.5) is 8.78 Å². The summed E-state index contributed by atoms with van der Waals surface area (Å²) < 4.78 is 27.8. The van der Waals surface area contributed by atoms with Gasteiger partial charge in [-0.25, -0.2) is 13.5 Å². The first-order valence-corrected chi connectivity index (χ1v) is 8.05. The van der Waals surface area contributed by atoms with Gasteiger partial charge in [0.1, 0.15) is 11.6 Å². The van der Waals surface area contributed by atoms with E-state index in [0.29, 0.717) is 5.82 Å². The van der Waals surface area contributed by atoms with Crippen LogP contribution < -0.4 is 0 Å². The van der Waals surface area contributed by atoms with E-state index in [4.69, 9.17) is 0 Å². The van der Waals surface area contributed by atoms with Crippen molar-refractivity contribution >= 4 is 27.6 Å². The number of aryl methyl sites for hydroxylation is 1. The summed E-state index contributed by atoms with van der Waals surface area (Å²) in [6.45, 7) is 0. The van der Waals surface area contributed by atoms with Gasteiger partial charge >= 0.3 is 0 Å². The van der Waals surface area contributed by atoms with Crippen molar-refractivity contribution < 1.29 is 8.78 Å². The lowest BCUT2D eigenvalue weighted by Gasteiger charge is -2.14. The van der Waals surface area contributed by atoms with Gasteiger partial charge in [0.2, 0.25) is 0 Å². The number of tetrazole rings is 1. The van der Waals surface area contributed by atoms with Crippen molar-refractivity contribution in [1.82, 2.24) is 20.2 Å². The molecule has 0 amide bonds. The Kier molecular flexibility index (Phi) is 4.80. The van der Waals surface area contributed by atoms with E-state index in [1.807, 2.05) is 6.08 Å². The van der Waals surface area contributed by atoms with Gasteiger partial charge in [0.15, 0.2) is 5.82 Å². The molecule has 0 saturated carbocycles. The molecule has 0 aliphatic heterocycles. The van der Waals surface area contributed by atoms with Gasteiger partial charge in [0.25, 0.3) is 0 Å². The zero-order valence-electron chi connectivity index (χ0n) is 12.7. The maximum absolute atomic E-state index is 13.2. The predicted octanol–water partition coefficient (Wildman–Crippen LogP) is 4.17. The van der Waals surface area contributed by atoms with Crippen molar-refractivity contribution in [3.63, 3.8) is 0 Å². The number of benzene rings is 2. The van der Waals surface area contributed by atoms with Gasteiger partial charge in [0.05, 0.1) is 4.83 Å². The van der Waals surface area contributed by atoms with Crippen molar-refractivity contribution in [2.24, 2.45) is 7.05 Å². The highest BCUT2D eigenvalue weighted by Crippen LogP contribution is 2.37. The zero-order chi connectivity index (χ0) is 17.1. The molecule has 2 aromatic carbocycles. The zero-order valence-corrected chi connectivity index (χ0v) is 14.3. The molecular weight excluding hydrogens is 378 g/mol. The fraction of sp³-hybridized carbons (Fsp3) is 0.118. The SMILES string of the molecule is Cn1nnnc1C(=Cc1ccc(F)cc1)C(Br)c1ccc(F)cc1. The second kappa shape index (κ2) is 7.00. The molecule has 1 heterocycles. The Hall–Kier alpha value is -2.41. The van der Waals surface area contributed by atoms with E-state index >= 15 is 0 Å². The molecule has 1 aromatic heterocycles. The van der Waals surface area contributed by atoms with E-state index in [1.165, 1.54) is 24.3 Å². The Morgan fingerprint density at radius 3 is 2.17 bits per heavy atom. The number of halogens is 3. The highest BCUT2D eigenvalue weighted by atomic mass is 79.9. The van der Waals surface area contributed by atoms with Crippen LogP contribution >= 0.6 is 15.9 Å². The standard InChI is InChI=1S/C17H13BrF2N4/c1-24-17(21-22-23-24)15(10-11-2-6-13(19)7-3-11)16(18)12-4-8-14(20)9-5-12/h2-10,16H,1H3. The van der Waals surface area contributed by atoms with E-state index in [-0.39, 0.29) is 16.5 Å². The molecule has 0 saturated heterocycles. The highest BCUT2D eigenvalue weighted by molar-refractivity contribution is 9.09.